The zero-order valence-corrected chi connectivity index (χ0v) is 12.6. The topological polar surface area (TPSA) is 72.5 Å². The molecule has 1 unspecified atom stereocenters. The minimum atomic E-state index is -3.43. The standard InChI is InChI=1S/C13H20NO4P/c1-10(2)17-19(15,18-11(3)4)13(5-7-14)12-6-8-16-9-12/h6,8-11,13H,5H2,1-4H3. The van der Waals surface area contributed by atoms with Crippen LogP contribution in [0.25, 0.3) is 0 Å². The number of nitrogens with zero attached hydrogens (tertiary/aromatic N) is 1. The molecule has 0 aliphatic heterocycles. The Hall–Kier alpha value is -1.08. The van der Waals surface area contributed by atoms with Crippen molar-refractivity contribution in [3.8, 4) is 6.07 Å². The number of furan rings is 1. The zero-order valence-electron chi connectivity index (χ0n) is 11.7. The van der Waals surface area contributed by atoms with E-state index in [1.54, 1.807) is 33.8 Å². The van der Waals surface area contributed by atoms with Gasteiger partial charge in [-0.1, -0.05) is 0 Å². The van der Waals surface area contributed by atoms with Crippen molar-refractivity contribution in [1.82, 2.24) is 0 Å². The second kappa shape index (κ2) is 6.91. The molecule has 0 aliphatic carbocycles. The van der Waals surface area contributed by atoms with Gasteiger partial charge in [0.05, 0.1) is 37.2 Å². The SMILES string of the molecule is CC(C)OP(=O)(OC(C)C)C(CC#N)c1ccoc1. The van der Waals surface area contributed by atoms with Crippen molar-refractivity contribution in [2.24, 2.45) is 0 Å². The monoisotopic (exact) mass is 285 g/mol. The van der Waals surface area contributed by atoms with E-state index < -0.39 is 13.3 Å². The lowest BCUT2D eigenvalue weighted by molar-refractivity contribution is 0.136. The third kappa shape index (κ3) is 4.50. The first-order valence-corrected chi connectivity index (χ1v) is 7.85. The molecule has 6 heteroatoms. The molecule has 0 aliphatic rings. The van der Waals surface area contributed by atoms with Crippen LogP contribution in [-0.2, 0) is 13.6 Å². The van der Waals surface area contributed by atoms with E-state index in [0.29, 0.717) is 5.56 Å². The minimum Gasteiger partial charge on any atom is -0.472 e. The smallest absolute Gasteiger partial charge is 0.339 e. The van der Waals surface area contributed by atoms with Crippen LogP contribution in [0.2, 0.25) is 0 Å². The molecule has 1 heterocycles. The molecule has 106 valence electrons. The van der Waals surface area contributed by atoms with E-state index in [1.165, 1.54) is 12.5 Å². The van der Waals surface area contributed by atoms with Crippen molar-refractivity contribution in [2.45, 2.75) is 52.0 Å². The summed E-state index contributed by atoms with van der Waals surface area (Å²) in [6, 6.07) is 3.72. The molecule has 19 heavy (non-hydrogen) atoms. The number of nitriles is 1. The summed E-state index contributed by atoms with van der Waals surface area (Å²) in [7, 11) is -3.43. The van der Waals surface area contributed by atoms with Gasteiger partial charge in [-0.15, -0.1) is 0 Å². The van der Waals surface area contributed by atoms with Crippen LogP contribution >= 0.6 is 7.60 Å². The van der Waals surface area contributed by atoms with E-state index in [1.807, 2.05) is 6.07 Å². The molecule has 0 aromatic carbocycles. The maximum atomic E-state index is 13.0. The van der Waals surface area contributed by atoms with Crippen molar-refractivity contribution in [3.05, 3.63) is 24.2 Å². The predicted molar refractivity (Wildman–Crippen MR) is 71.7 cm³/mol. The molecule has 1 rings (SSSR count). The van der Waals surface area contributed by atoms with Gasteiger partial charge in [-0.2, -0.15) is 5.26 Å². The molecule has 5 nitrogen and oxygen atoms in total. The van der Waals surface area contributed by atoms with E-state index in [4.69, 9.17) is 18.7 Å². The van der Waals surface area contributed by atoms with E-state index in [-0.39, 0.29) is 18.6 Å². The Bertz CT molecular complexity index is 447. The molecule has 1 aromatic heterocycles. The van der Waals surface area contributed by atoms with Gasteiger partial charge in [0.1, 0.15) is 5.66 Å². The number of hydrogen-bond acceptors (Lipinski definition) is 5. The highest BCUT2D eigenvalue weighted by atomic mass is 31.2. The van der Waals surface area contributed by atoms with Crippen LogP contribution in [0.3, 0.4) is 0 Å². The van der Waals surface area contributed by atoms with Crippen molar-refractivity contribution in [1.29, 1.82) is 5.26 Å². The van der Waals surface area contributed by atoms with Crippen molar-refractivity contribution in [3.63, 3.8) is 0 Å². The highest BCUT2D eigenvalue weighted by molar-refractivity contribution is 7.54. The van der Waals surface area contributed by atoms with Crippen LogP contribution in [0.5, 0.6) is 0 Å². The van der Waals surface area contributed by atoms with Crippen LogP contribution in [0.15, 0.2) is 23.0 Å². The van der Waals surface area contributed by atoms with Crippen molar-refractivity contribution >= 4 is 7.60 Å². The normalized spacial score (nSPS) is 13.7. The lowest BCUT2D eigenvalue weighted by Crippen LogP contribution is -2.13. The van der Waals surface area contributed by atoms with Crippen LogP contribution < -0.4 is 0 Å². The molecule has 0 amide bonds. The fourth-order valence-electron chi connectivity index (χ4n) is 1.72. The Balaban J connectivity index is 3.11. The first kappa shape index (κ1) is 16.0. The molecule has 0 N–H and O–H groups in total. The summed E-state index contributed by atoms with van der Waals surface area (Å²) in [6.07, 6.45) is 2.50. The number of hydrogen-bond donors (Lipinski definition) is 0. The van der Waals surface area contributed by atoms with Crippen LogP contribution in [0.1, 0.15) is 45.3 Å². The van der Waals surface area contributed by atoms with Crippen LogP contribution in [0.4, 0.5) is 0 Å². The second-order valence-electron chi connectivity index (χ2n) is 4.78. The highest BCUT2D eigenvalue weighted by Crippen LogP contribution is 2.63. The Morgan fingerprint density at radius 3 is 2.26 bits per heavy atom. The van der Waals surface area contributed by atoms with Crippen LogP contribution in [-0.4, -0.2) is 12.2 Å². The average molecular weight is 285 g/mol. The van der Waals surface area contributed by atoms with Gasteiger partial charge in [-0.3, -0.25) is 4.57 Å². The predicted octanol–water partition coefficient (Wildman–Crippen LogP) is 4.28. The summed E-state index contributed by atoms with van der Waals surface area (Å²) < 4.78 is 29.0. The summed E-state index contributed by atoms with van der Waals surface area (Å²) in [5, 5.41) is 8.95. The van der Waals surface area contributed by atoms with Gasteiger partial charge in [-0.25, -0.2) is 0 Å². The molecule has 0 radical (unpaired) electrons. The maximum absolute atomic E-state index is 13.0. The van der Waals surface area contributed by atoms with Gasteiger partial charge in [-0.05, 0) is 33.8 Å². The molecule has 0 fully saturated rings. The van der Waals surface area contributed by atoms with E-state index in [9.17, 15) is 4.57 Å². The fourth-order valence-corrected chi connectivity index (χ4v) is 4.06. The molecule has 0 saturated heterocycles. The Morgan fingerprint density at radius 2 is 1.89 bits per heavy atom. The first-order chi connectivity index (χ1) is 8.89. The van der Waals surface area contributed by atoms with Crippen molar-refractivity contribution < 1.29 is 18.0 Å². The fraction of sp³-hybridized carbons (Fsp3) is 0.615. The molecule has 0 bridgehead atoms. The highest BCUT2D eigenvalue weighted by Gasteiger charge is 2.39. The summed E-state index contributed by atoms with van der Waals surface area (Å²) in [5.41, 5.74) is 0.0345. The summed E-state index contributed by atoms with van der Waals surface area (Å²) in [6.45, 7) is 7.15. The van der Waals surface area contributed by atoms with Crippen LogP contribution in [0, 0.1) is 11.3 Å². The Morgan fingerprint density at radius 1 is 1.32 bits per heavy atom. The molecule has 0 saturated carbocycles. The van der Waals surface area contributed by atoms with Gasteiger partial charge in [0.25, 0.3) is 0 Å². The minimum absolute atomic E-state index is 0.0518. The third-order valence-electron chi connectivity index (χ3n) is 2.31. The second-order valence-corrected chi connectivity index (χ2v) is 6.91. The van der Waals surface area contributed by atoms with E-state index in [2.05, 4.69) is 0 Å². The molecule has 1 aromatic rings. The average Bonchev–Trinajstić information content (AvgIpc) is 2.76. The zero-order chi connectivity index (χ0) is 14.5. The Labute approximate surface area is 114 Å². The molecule has 0 spiro atoms. The lowest BCUT2D eigenvalue weighted by atomic mass is 10.2. The first-order valence-electron chi connectivity index (χ1n) is 6.24. The molecular formula is C13H20NO4P. The maximum Gasteiger partial charge on any atom is 0.339 e. The quantitative estimate of drug-likeness (QED) is 0.699. The largest absolute Gasteiger partial charge is 0.472 e. The summed E-state index contributed by atoms with van der Waals surface area (Å²) in [4.78, 5) is 0. The molecule has 1 atom stereocenters. The van der Waals surface area contributed by atoms with Gasteiger partial charge in [0.2, 0.25) is 0 Å². The van der Waals surface area contributed by atoms with Gasteiger partial charge < -0.3 is 13.5 Å². The number of rotatable bonds is 7. The van der Waals surface area contributed by atoms with Gasteiger partial charge in [0.15, 0.2) is 0 Å². The van der Waals surface area contributed by atoms with Gasteiger partial charge in [0, 0.05) is 5.56 Å². The lowest BCUT2D eigenvalue weighted by Gasteiger charge is -2.28. The molecular weight excluding hydrogens is 265 g/mol. The Kier molecular flexibility index (Phi) is 5.81. The van der Waals surface area contributed by atoms with Crippen molar-refractivity contribution in [2.75, 3.05) is 0 Å². The van der Waals surface area contributed by atoms with E-state index in [0.717, 1.165) is 0 Å². The van der Waals surface area contributed by atoms with Gasteiger partial charge >= 0.3 is 7.60 Å². The summed E-state index contributed by atoms with van der Waals surface area (Å²) in [5.74, 6) is 0. The third-order valence-corrected chi connectivity index (χ3v) is 4.98. The van der Waals surface area contributed by atoms with E-state index >= 15 is 0 Å². The summed E-state index contributed by atoms with van der Waals surface area (Å²) >= 11 is 0.